The maximum atomic E-state index is 11.8. The molecule has 0 unspecified atom stereocenters. The second kappa shape index (κ2) is 7.69. The average Bonchev–Trinajstić information content (AvgIpc) is 2.50. The van der Waals surface area contributed by atoms with Crippen LogP contribution in [0.1, 0.15) is 5.56 Å². The number of carbonyl (C=O) groups is 1. The Morgan fingerprint density at radius 2 is 1.95 bits per heavy atom. The van der Waals surface area contributed by atoms with Crippen molar-refractivity contribution in [1.82, 2.24) is 5.32 Å². The van der Waals surface area contributed by atoms with E-state index in [0.29, 0.717) is 6.54 Å². The van der Waals surface area contributed by atoms with E-state index in [1.54, 1.807) is 7.11 Å². The van der Waals surface area contributed by atoms with Crippen LogP contribution >= 0.6 is 15.9 Å². The van der Waals surface area contributed by atoms with Crippen LogP contribution in [0.4, 0.5) is 10.5 Å². The van der Waals surface area contributed by atoms with Crippen LogP contribution in [0.2, 0.25) is 0 Å². The smallest absolute Gasteiger partial charge is 0.319 e. The summed E-state index contributed by atoms with van der Waals surface area (Å²) in [7, 11) is 1.64. The summed E-state index contributed by atoms with van der Waals surface area (Å²) in [4.78, 5) is 11.8. The molecule has 2 amide bonds. The van der Waals surface area contributed by atoms with E-state index in [9.17, 15) is 4.79 Å². The van der Waals surface area contributed by atoms with Gasteiger partial charge < -0.3 is 15.4 Å². The molecule has 0 aliphatic heterocycles. The number of anilines is 1. The highest BCUT2D eigenvalue weighted by Gasteiger charge is 2.02. The van der Waals surface area contributed by atoms with Crippen LogP contribution in [0.25, 0.3) is 0 Å². The summed E-state index contributed by atoms with van der Waals surface area (Å²) in [6.07, 6.45) is 0.755. The van der Waals surface area contributed by atoms with Crippen molar-refractivity contribution in [3.05, 3.63) is 58.6 Å². The lowest BCUT2D eigenvalue weighted by molar-refractivity contribution is 0.252. The number of nitrogens with one attached hydrogen (secondary N) is 2. The second-order valence-electron chi connectivity index (χ2n) is 4.49. The molecule has 0 bridgehead atoms. The van der Waals surface area contributed by atoms with E-state index in [0.717, 1.165) is 27.9 Å². The predicted octanol–water partition coefficient (Wildman–Crippen LogP) is 3.82. The first-order valence-corrected chi connectivity index (χ1v) is 7.40. The standard InChI is InChI=1S/C16H17BrN2O2/c1-21-15-4-2-3-12(11-15)9-10-18-16(20)19-14-7-5-13(17)6-8-14/h2-8,11H,9-10H2,1H3,(H2,18,19,20). The summed E-state index contributed by atoms with van der Waals surface area (Å²) < 4.78 is 6.15. The Morgan fingerprint density at radius 1 is 1.19 bits per heavy atom. The van der Waals surface area contributed by atoms with E-state index >= 15 is 0 Å². The SMILES string of the molecule is COc1cccc(CCNC(=O)Nc2ccc(Br)cc2)c1. The second-order valence-corrected chi connectivity index (χ2v) is 5.40. The number of carbonyl (C=O) groups excluding carboxylic acids is 1. The molecule has 0 aliphatic rings. The highest BCUT2D eigenvalue weighted by Crippen LogP contribution is 2.14. The van der Waals surface area contributed by atoms with Crippen molar-refractivity contribution in [3.8, 4) is 5.75 Å². The van der Waals surface area contributed by atoms with E-state index in [4.69, 9.17) is 4.74 Å². The molecule has 0 atom stereocenters. The molecule has 0 fully saturated rings. The monoisotopic (exact) mass is 348 g/mol. The Hall–Kier alpha value is -2.01. The van der Waals surface area contributed by atoms with Crippen molar-refractivity contribution < 1.29 is 9.53 Å². The van der Waals surface area contributed by atoms with Crippen molar-refractivity contribution in [1.29, 1.82) is 0 Å². The number of benzene rings is 2. The Kier molecular flexibility index (Phi) is 5.63. The van der Waals surface area contributed by atoms with Gasteiger partial charge in [-0.3, -0.25) is 0 Å². The molecule has 4 nitrogen and oxygen atoms in total. The van der Waals surface area contributed by atoms with Gasteiger partial charge in [-0.1, -0.05) is 28.1 Å². The fourth-order valence-corrected chi connectivity index (χ4v) is 2.12. The number of hydrogen-bond donors (Lipinski definition) is 2. The molecule has 0 aliphatic carbocycles. The number of rotatable bonds is 5. The number of ether oxygens (including phenoxy) is 1. The molecule has 0 aromatic heterocycles. The highest BCUT2D eigenvalue weighted by molar-refractivity contribution is 9.10. The van der Waals surface area contributed by atoms with Gasteiger partial charge in [0.05, 0.1) is 7.11 Å². The van der Waals surface area contributed by atoms with Gasteiger partial charge in [0.25, 0.3) is 0 Å². The summed E-state index contributed by atoms with van der Waals surface area (Å²) in [6, 6.07) is 15.0. The van der Waals surface area contributed by atoms with Gasteiger partial charge >= 0.3 is 6.03 Å². The number of urea groups is 1. The summed E-state index contributed by atoms with van der Waals surface area (Å²) in [5.41, 5.74) is 1.88. The van der Waals surface area contributed by atoms with Gasteiger partial charge in [-0.25, -0.2) is 4.79 Å². The number of amides is 2. The van der Waals surface area contributed by atoms with Gasteiger partial charge in [-0.05, 0) is 48.4 Å². The van der Waals surface area contributed by atoms with E-state index in [-0.39, 0.29) is 6.03 Å². The van der Waals surface area contributed by atoms with Crippen molar-refractivity contribution in [3.63, 3.8) is 0 Å². The molecule has 2 aromatic carbocycles. The number of methoxy groups -OCH3 is 1. The van der Waals surface area contributed by atoms with E-state index in [1.807, 2.05) is 48.5 Å². The lowest BCUT2D eigenvalue weighted by atomic mass is 10.1. The van der Waals surface area contributed by atoms with Crippen LogP contribution in [-0.2, 0) is 6.42 Å². The molecule has 2 N–H and O–H groups in total. The van der Waals surface area contributed by atoms with Crippen molar-refractivity contribution in [2.45, 2.75) is 6.42 Å². The number of halogens is 1. The first-order chi connectivity index (χ1) is 10.2. The van der Waals surface area contributed by atoms with Crippen LogP contribution in [0.15, 0.2) is 53.0 Å². The van der Waals surface area contributed by atoms with Gasteiger partial charge in [0, 0.05) is 16.7 Å². The van der Waals surface area contributed by atoms with Gasteiger partial charge in [-0.15, -0.1) is 0 Å². The minimum absolute atomic E-state index is 0.208. The average molecular weight is 349 g/mol. The Balaban J connectivity index is 1.77. The van der Waals surface area contributed by atoms with Crippen molar-refractivity contribution >= 4 is 27.6 Å². The molecule has 0 radical (unpaired) electrons. The zero-order valence-corrected chi connectivity index (χ0v) is 13.3. The summed E-state index contributed by atoms with van der Waals surface area (Å²) in [6.45, 7) is 0.565. The van der Waals surface area contributed by atoms with Gasteiger partial charge in [-0.2, -0.15) is 0 Å². The molecule has 0 heterocycles. The fraction of sp³-hybridized carbons (Fsp3) is 0.188. The molecule has 0 saturated carbocycles. The predicted molar refractivity (Wildman–Crippen MR) is 87.9 cm³/mol. The molecule has 110 valence electrons. The third kappa shape index (κ3) is 5.11. The summed E-state index contributed by atoms with van der Waals surface area (Å²) >= 11 is 3.35. The van der Waals surface area contributed by atoms with E-state index in [2.05, 4.69) is 26.6 Å². The Labute approximate surface area is 132 Å². The topological polar surface area (TPSA) is 50.4 Å². The normalized spacial score (nSPS) is 10.0. The lowest BCUT2D eigenvalue weighted by Gasteiger charge is -2.08. The minimum Gasteiger partial charge on any atom is -0.497 e. The fourth-order valence-electron chi connectivity index (χ4n) is 1.86. The minimum atomic E-state index is -0.208. The largest absolute Gasteiger partial charge is 0.497 e. The zero-order chi connectivity index (χ0) is 15.1. The summed E-state index contributed by atoms with van der Waals surface area (Å²) in [5.74, 6) is 0.826. The Bertz CT molecular complexity index is 599. The van der Waals surface area contributed by atoms with Crippen molar-refractivity contribution in [2.75, 3.05) is 19.0 Å². The van der Waals surface area contributed by atoms with Gasteiger partial charge in [0.2, 0.25) is 0 Å². The molecule has 0 spiro atoms. The van der Waals surface area contributed by atoms with Crippen LogP contribution in [0, 0.1) is 0 Å². The van der Waals surface area contributed by atoms with Crippen molar-refractivity contribution in [2.24, 2.45) is 0 Å². The molecular weight excluding hydrogens is 332 g/mol. The first-order valence-electron chi connectivity index (χ1n) is 6.61. The third-order valence-corrected chi connectivity index (χ3v) is 3.46. The highest BCUT2D eigenvalue weighted by atomic mass is 79.9. The quantitative estimate of drug-likeness (QED) is 0.862. The third-order valence-electron chi connectivity index (χ3n) is 2.94. The number of hydrogen-bond acceptors (Lipinski definition) is 2. The van der Waals surface area contributed by atoms with Crippen LogP contribution < -0.4 is 15.4 Å². The molecule has 2 rings (SSSR count). The zero-order valence-electron chi connectivity index (χ0n) is 11.7. The molecule has 2 aromatic rings. The van der Waals surface area contributed by atoms with Gasteiger partial charge in [0.1, 0.15) is 5.75 Å². The van der Waals surface area contributed by atoms with Gasteiger partial charge in [0.15, 0.2) is 0 Å². The van der Waals surface area contributed by atoms with Crippen LogP contribution in [0.3, 0.4) is 0 Å². The van der Waals surface area contributed by atoms with E-state index < -0.39 is 0 Å². The summed E-state index contributed by atoms with van der Waals surface area (Å²) in [5, 5.41) is 5.61. The van der Waals surface area contributed by atoms with E-state index in [1.165, 1.54) is 0 Å². The maximum absolute atomic E-state index is 11.8. The molecule has 0 saturated heterocycles. The molecule has 21 heavy (non-hydrogen) atoms. The molecule has 5 heteroatoms. The molecular formula is C16H17BrN2O2. The first kappa shape index (κ1) is 15.4. The maximum Gasteiger partial charge on any atom is 0.319 e. The van der Waals surface area contributed by atoms with Crippen LogP contribution in [-0.4, -0.2) is 19.7 Å². The van der Waals surface area contributed by atoms with Crippen LogP contribution in [0.5, 0.6) is 5.75 Å². The lowest BCUT2D eigenvalue weighted by Crippen LogP contribution is -2.30. The Morgan fingerprint density at radius 3 is 2.67 bits per heavy atom.